The van der Waals surface area contributed by atoms with Crippen molar-refractivity contribution < 1.29 is 24.5 Å². The van der Waals surface area contributed by atoms with Crippen LogP contribution in [-0.2, 0) is 20.1 Å². The molecule has 0 spiro atoms. The summed E-state index contributed by atoms with van der Waals surface area (Å²) in [7, 11) is 0. The zero-order valence-corrected chi connectivity index (χ0v) is 38.1. The molecule has 0 aliphatic heterocycles. The fourth-order valence-corrected chi connectivity index (χ4v) is 10.9. The molecule has 3 heterocycles. The van der Waals surface area contributed by atoms with Gasteiger partial charge in [0, 0.05) is 26.3 Å². The van der Waals surface area contributed by atoms with E-state index in [-0.39, 0.29) is 20.1 Å². The number of hydrogen-bond acceptors (Lipinski definition) is 3. The summed E-state index contributed by atoms with van der Waals surface area (Å²) in [6, 6.07) is 63.9. The molecule has 0 aliphatic carbocycles. The molecule has 0 saturated heterocycles. The van der Waals surface area contributed by atoms with E-state index in [1.54, 1.807) is 6.20 Å². The van der Waals surface area contributed by atoms with Gasteiger partial charge in [-0.1, -0.05) is 12.1 Å². The van der Waals surface area contributed by atoms with Crippen LogP contribution in [0.1, 0.15) is 50.7 Å². The molecule has 10 aromatic rings. The van der Waals surface area contributed by atoms with Crippen molar-refractivity contribution in [1.82, 2.24) is 9.97 Å². The van der Waals surface area contributed by atoms with E-state index in [4.69, 9.17) is 9.40 Å². The molecule has 3 nitrogen and oxygen atoms in total. The number of nitrogens with zero attached hydrogens (tertiary/aromatic N) is 2. The van der Waals surface area contributed by atoms with Crippen molar-refractivity contribution in [1.29, 1.82) is 0 Å². The molecule has 291 valence electrons. The number of pyridine rings is 1. The standard InChI is InChI=1S/C43H34NOTe.C11H8N.Ir/c1-26(2)36-23-31(29-15-9-6-10-16-29)24-37(27(3)4)40(36)34-18-12-20-38-42(34)46-43(44-38)35-19-11-17-33-32-22-21-30(25-39(32)45-41(33)35)28-13-7-5-8-14-28;1-2-6-10(7-3-1)11-8-4-5-9-12-11;/h5-18,20-27H,1-4H3;1-6,8-9H;/q2*-1;. The number of aromatic nitrogens is 2. The van der Waals surface area contributed by atoms with Crippen molar-refractivity contribution in [3.05, 3.63) is 193 Å². The number of benzene rings is 7. The first kappa shape index (κ1) is 40.4. The molecule has 0 aliphatic rings. The minimum atomic E-state index is -0.816. The minimum Gasteiger partial charge on any atom is -0.305 e. The Bertz CT molecular complexity index is 2920. The van der Waals surface area contributed by atoms with Gasteiger partial charge in [-0.15, -0.1) is 35.9 Å². The van der Waals surface area contributed by atoms with Crippen LogP contribution >= 0.6 is 0 Å². The molecular weight excluding hydrogens is 1010 g/mol. The van der Waals surface area contributed by atoms with E-state index in [2.05, 4.69) is 154 Å². The maximum atomic E-state index is 6.64. The van der Waals surface area contributed by atoms with Crippen molar-refractivity contribution in [2.24, 2.45) is 0 Å². The van der Waals surface area contributed by atoms with E-state index in [1.165, 1.54) is 42.3 Å². The molecule has 0 N–H and O–H groups in total. The Kier molecular flexibility index (Phi) is 12.2. The smallest absolute Gasteiger partial charge is 0.0160 e. The van der Waals surface area contributed by atoms with E-state index < -0.39 is 20.4 Å². The van der Waals surface area contributed by atoms with Crippen LogP contribution in [0.3, 0.4) is 0 Å². The van der Waals surface area contributed by atoms with Crippen molar-refractivity contribution in [2.75, 3.05) is 0 Å². The molecule has 0 amide bonds. The van der Waals surface area contributed by atoms with Crippen molar-refractivity contribution >= 4 is 51.3 Å². The summed E-state index contributed by atoms with van der Waals surface area (Å²) in [5.74, 6) is 0.764. The molecule has 0 atom stereocenters. The Labute approximate surface area is 369 Å². The summed E-state index contributed by atoms with van der Waals surface area (Å²) in [6.07, 6.45) is 1.79. The quantitative estimate of drug-likeness (QED) is 0.118. The van der Waals surface area contributed by atoms with Gasteiger partial charge in [-0.3, -0.25) is 0 Å². The molecule has 7 aromatic carbocycles. The van der Waals surface area contributed by atoms with Crippen LogP contribution in [0.5, 0.6) is 0 Å². The predicted molar refractivity (Wildman–Crippen MR) is 243 cm³/mol. The molecule has 0 fully saturated rings. The van der Waals surface area contributed by atoms with Gasteiger partial charge >= 0.3 is 281 Å². The molecule has 5 heteroatoms. The predicted octanol–water partition coefficient (Wildman–Crippen LogP) is 14.5. The molecule has 59 heavy (non-hydrogen) atoms. The van der Waals surface area contributed by atoms with Crippen LogP contribution in [0.15, 0.2) is 174 Å². The number of fused-ring (bicyclic) bond motifs is 4. The zero-order chi connectivity index (χ0) is 39.6. The summed E-state index contributed by atoms with van der Waals surface area (Å²) in [6.45, 7) is 9.28. The van der Waals surface area contributed by atoms with E-state index in [0.717, 1.165) is 53.5 Å². The maximum Gasteiger partial charge on any atom is 0.0160 e. The van der Waals surface area contributed by atoms with E-state index in [1.807, 2.05) is 54.6 Å². The Balaban J connectivity index is 0.000000319. The van der Waals surface area contributed by atoms with Crippen molar-refractivity contribution in [2.45, 2.75) is 39.5 Å². The first-order valence-corrected chi connectivity index (χ1v) is 22.2. The molecule has 0 saturated carbocycles. The third kappa shape index (κ3) is 8.27. The molecule has 10 rings (SSSR count). The fraction of sp³-hybridized carbons (Fsp3) is 0.111. The van der Waals surface area contributed by atoms with Crippen LogP contribution in [-0.4, -0.2) is 30.4 Å². The Morgan fingerprint density at radius 1 is 0.576 bits per heavy atom. The summed E-state index contributed by atoms with van der Waals surface area (Å²) < 4.78 is 9.18. The largest absolute Gasteiger partial charge is 0.305 e. The third-order valence-electron chi connectivity index (χ3n) is 10.6. The minimum absolute atomic E-state index is 0. The average molecular weight is 1050 g/mol. The van der Waals surface area contributed by atoms with E-state index in [0.29, 0.717) is 11.8 Å². The van der Waals surface area contributed by atoms with Crippen molar-refractivity contribution in [3.63, 3.8) is 0 Å². The Morgan fingerprint density at radius 3 is 1.93 bits per heavy atom. The normalized spacial score (nSPS) is 11.2. The topological polar surface area (TPSA) is 38.9 Å². The van der Waals surface area contributed by atoms with Gasteiger partial charge in [0.05, 0.1) is 0 Å². The summed E-state index contributed by atoms with van der Waals surface area (Å²) in [5, 5.41) is 2.25. The van der Waals surface area contributed by atoms with Gasteiger partial charge in [-0.25, -0.2) is 0 Å². The van der Waals surface area contributed by atoms with Crippen LogP contribution in [0, 0.1) is 12.1 Å². The second-order valence-corrected chi connectivity index (χ2v) is 18.0. The van der Waals surface area contributed by atoms with Crippen LogP contribution in [0.2, 0.25) is 0 Å². The van der Waals surface area contributed by atoms with E-state index >= 15 is 0 Å². The molecule has 0 bridgehead atoms. The second-order valence-electron chi connectivity index (χ2n) is 15.1. The SMILES string of the molecule is CC(C)c1cc(-c2ccccc2)cc(C(C)C)c1-c1cccc2nc(-c3[c-]ccc4c3oc3cc(-c5ccccc5)ccc34)[te]c12.[Ir].[c-]1ccccc1-c1ccccn1. The Hall–Kier alpha value is -5.40. The third-order valence-corrected chi connectivity index (χ3v) is 13.8. The number of hydrogen-bond donors (Lipinski definition) is 0. The zero-order valence-electron chi connectivity index (χ0n) is 33.4. The summed E-state index contributed by atoms with van der Waals surface area (Å²) in [4.78, 5) is 9.51. The number of furan rings is 1. The van der Waals surface area contributed by atoms with Crippen LogP contribution in [0.4, 0.5) is 0 Å². The average Bonchev–Trinajstić information content (AvgIpc) is 3.89. The summed E-state index contributed by atoms with van der Waals surface area (Å²) in [5.41, 5.74) is 16.3. The van der Waals surface area contributed by atoms with Crippen molar-refractivity contribution in [3.8, 4) is 53.9 Å². The number of rotatable bonds is 7. The van der Waals surface area contributed by atoms with E-state index in [9.17, 15) is 0 Å². The van der Waals surface area contributed by atoms with Gasteiger partial charge in [0.25, 0.3) is 0 Å². The van der Waals surface area contributed by atoms with Crippen LogP contribution < -0.4 is 0 Å². The molecule has 0 unspecified atom stereocenters. The molecular formula is C54H42IrN2OTe-2. The maximum absolute atomic E-state index is 6.64. The van der Waals surface area contributed by atoms with Crippen LogP contribution in [0.25, 0.3) is 84.8 Å². The summed E-state index contributed by atoms with van der Waals surface area (Å²) >= 11 is -0.816. The van der Waals surface area contributed by atoms with Gasteiger partial charge in [-0.05, 0) is 11.8 Å². The van der Waals surface area contributed by atoms with Gasteiger partial charge in [0.15, 0.2) is 0 Å². The Morgan fingerprint density at radius 2 is 1.27 bits per heavy atom. The van der Waals surface area contributed by atoms with Gasteiger partial charge in [0.1, 0.15) is 0 Å². The van der Waals surface area contributed by atoms with Gasteiger partial charge < -0.3 is 4.98 Å². The molecule has 3 aromatic heterocycles. The first-order chi connectivity index (χ1) is 28.4. The van der Waals surface area contributed by atoms with Gasteiger partial charge in [0.2, 0.25) is 0 Å². The second kappa shape index (κ2) is 17.8. The monoisotopic (exact) mass is 1060 g/mol. The first-order valence-electron chi connectivity index (χ1n) is 19.9. The molecule has 1 radical (unpaired) electrons. The van der Waals surface area contributed by atoms with Gasteiger partial charge in [-0.2, -0.15) is 0 Å². The fourth-order valence-electron chi connectivity index (χ4n) is 7.74.